The van der Waals surface area contributed by atoms with Gasteiger partial charge in [0.1, 0.15) is 0 Å². The molecule has 1 fully saturated rings. The average molecular weight is 258 g/mol. The highest BCUT2D eigenvalue weighted by Gasteiger charge is 2.23. The van der Waals surface area contributed by atoms with E-state index >= 15 is 0 Å². The van der Waals surface area contributed by atoms with Crippen LogP contribution in [0.4, 0.5) is 0 Å². The van der Waals surface area contributed by atoms with Crippen molar-refractivity contribution in [3.05, 3.63) is 0 Å². The van der Waals surface area contributed by atoms with Gasteiger partial charge in [0.05, 0.1) is 0 Å². The maximum Gasteiger partial charge on any atom is 0.0197 e. The molecule has 1 rings (SSSR count). The zero-order chi connectivity index (χ0) is 12.7. The van der Waals surface area contributed by atoms with Gasteiger partial charge in [-0.05, 0) is 45.0 Å². The van der Waals surface area contributed by atoms with E-state index in [4.69, 9.17) is 0 Å². The highest BCUT2D eigenvalue weighted by atomic mass is 32.2. The maximum atomic E-state index is 3.69. The number of rotatable bonds is 7. The third-order valence-corrected chi connectivity index (χ3v) is 4.86. The molecule has 1 heterocycles. The monoisotopic (exact) mass is 258 g/mol. The van der Waals surface area contributed by atoms with Crippen LogP contribution < -0.4 is 5.32 Å². The quantitative estimate of drug-likeness (QED) is 0.756. The van der Waals surface area contributed by atoms with Crippen molar-refractivity contribution in [2.45, 2.75) is 51.6 Å². The van der Waals surface area contributed by atoms with Crippen LogP contribution in [-0.2, 0) is 0 Å². The summed E-state index contributed by atoms with van der Waals surface area (Å²) in [4.78, 5) is 2.56. The fraction of sp³-hybridized carbons (Fsp3) is 1.00. The molecule has 3 atom stereocenters. The first-order valence-corrected chi connectivity index (χ1v) is 8.53. The second-order valence-electron chi connectivity index (χ2n) is 5.41. The normalized spacial score (nSPS) is 27.4. The second kappa shape index (κ2) is 8.39. The first kappa shape index (κ1) is 15.3. The van der Waals surface area contributed by atoms with Crippen LogP contribution in [0.2, 0.25) is 0 Å². The Hall–Kier alpha value is 0.270. The zero-order valence-corrected chi connectivity index (χ0v) is 12.9. The lowest BCUT2D eigenvalue weighted by molar-refractivity contribution is 0.190. The molecule has 0 amide bonds. The van der Waals surface area contributed by atoms with E-state index in [0.29, 0.717) is 0 Å². The highest BCUT2D eigenvalue weighted by molar-refractivity contribution is 7.98. The van der Waals surface area contributed by atoms with Crippen LogP contribution in [0, 0.1) is 5.92 Å². The van der Waals surface area contributed by atoms with E-state index in [0.717, 1.165) is 18.0 Å². The predicted molar refractivity (Wildman–Crippen MR) is 79.9 cm³/mol. The Morgan fingerprint density at radius 1 is 1.41 bits per heavy atom. The molecule has 2 nitrogen and oxygen atoms in total. The molecule has 0 spiro atoms. The Bertz CT molecular complexity index is 199. The van der Waals surface area contributed by atoms with Crippen molar-refractivity contribution >= 4 is 11.8 Å². The third-order valence-electron chi connectivity index (χ3n) is 4.14. The summed E-state index contributed by atoms with van der Waals surface area (Å²) in [7, 11) is 2.29. The predicted octanol–water partition coefficient (Wildman–Crippen LogP) is 2.84. The molecule has 0 radical (unpaired) electrons. The summed E-state index contributed by atoms with van der Waals surface area (Å²) in [6, 6.07) is 1.46. The fourth-order valence-electron chi connectivity index (χ4n) is 2.85. The Morgan fingerprint density at radius 2 is 2.18 bits per heavy atom. The van der Waals surface area contributed by atoms with Gasteiger partial charge in [0.2, 0.25) is 0 Å². The standard InChI is InChI=1S/C14H30N2S/c1-5-12-7-8-15-13(9-12)10-16(3)14(6-2)11-17-4/h12-15H,5-11H2,1-4H3. The van der Waals surface area contributed by atoms with Crippen LogP contribution >= 0.6 is 11.8 Å². The van der Waals surface area contributed by atoms with Gasteiger partial charge in [-0.15, -0.1) is 0 Å². The van der Waals surface area contributed by atoms with Gasteiger partial charge in [-0.1, -0.05) is 20.3 Å². The molecule has 0 aromatic rings. The van der Waals surface area contributed by atoms with Gasteiger partial charge in [0.25, 0.3) is 0 Å². The number of nitrogens with zero attached hydrogens (tertiary/aromatic N) is 1. The number of nitrogens with one attached hydrogen (secondary N) is 1. The van der Waals surface area contributed by atoms with E-state index in [1.807, 2.05) is 11.8 Å². The maximum absolute atomic E-state index is 3.69. The molecular formula is C14H30N2S. The van der Waals surface area contributed by atoms with Gasteiger partial charge in [-0.3, -0.25) is 0 Å². The molecule has 0 aromatic heterocycles. The highest BCUT2D eigenvalue weighted by Crippen LogP contribution is 2.20. The molecule has 3 unspecified atom stereocenters. The molecule has 1 saturated heterocycles. The van der Waals surface area contributed by atoms with Gasteiger partial charge in [0.15, 0.2) is 0 Å². The smallest absolute Gasteiger partial charge is 0.0197 e. The van der Waals surface area contributed by atoms with Gasteiger partial charge < -0.3 is 10.2 Å². The largest absolute Gasteiger partial charge is 0.313 e. The van der Waals surface area contributed by atoms with Gasteiger partial charge in [-0.25, -0.2) is 0 Å². The van der Waals surface area contributed by atoms with Crippen molar-refractivity contribution in [2.75, 3.05) is 32.1 Å². The number of thioether (sulfide) groups is 1. The summed E-state index contributed by atoms with van der Waals surface area (Å²) in [5.74, 6) is 2.21. The van der Waals surface area contributed by atoms with E-state index in [-0.39, 0.29) is 0 Å². The van der Waals surface area contributed by atoms with Gasteiger partial charge in [-0.2, -0.15) is 11.8 Å². The minimum Gasteiger partial charge on any atom is -0.313 e. The molecule has 3 heteroatoms. The summed E-state index contributed by atoms with van der Waals surface area (Å²) < 4.78 is 0. The first-order chi connectivity index (χ1) is 8.21. The average Bonchev–Trinajstić information content (AvgIpc) is 2.36. The van der Waals surface area contributed by atoms with Crippen molar-refractivity contribution < 1.29 is 0 Å². The van der Waals surface area contributed by atoms with Crippen LogP contribution in [0.15, 0.2) is 0 Å². The summed E-state index contributed by atoms with van der Waals surface area (Å²) >= 11 is 1.97. The Balaban J connectivity index is 2.35. The molecule has 1 N–H and O–H groups in total. The Morgan fingerprint density at radius 3 is 2.76 bits per heavy atom. The van der Waals surface area contributed by atoms with E-state index in [9.17, 15) is 0 Å². The minimum absolute atomic E-state index is 0.717. The Kier molecular flexibility index (Phi) is 7.56. The topological polar surface area (TPSA) is 15.3 Å². The zero-order valence-electron chi connectivity index (χ0n) is 12.0. The van der Waals surface area contributed by atoms with E-state index in [1.165, 1.54) is 44.5 Å². The van der Waals surface area contributed by atoms with Crippen LogP contribution in [0.5, 0.6) is 0 Å². The van der Waals surface area contributed by atoms with Crippen molar-refractivity contribution in [2.24, 2.45) is 5.92 Å². The minimum atomic E-state index is 0.717. The van der Waals surface area contributed by atoms with Crippen molar-refractivity contribution in [3.63, 3.8) is 0 Å². The lowest BCUT2D eigenvalue weighted by Crippen LogP contribution is -2.47. The lowest BCUT2D eigenvalue weighted by atomic mass is 9.90. The summed E-state index contributed by atoms with van der Waals surface area (Å²) in [5, 5.41) is 3.69. The summed E-state index contributed by atoms with van der Waals surface area (Å²) in [6.45, 7) is 7.08. The van der Waals surface area contributed by atoms with E-state index in [1.54, 1.807) is 0 Å². The number of hydrogen-bond acceptors (Lipinski definition) is 3. The van der Waals surface area contributed by atoms with Crippen molar-refractivity contribution in [3.8, 4) is 0 Å². The molecule has 102 valence electrons. The Labute approximate surface area is 112 Å². The van der Waals surface area contributed by atoms with Crippen LogP contribution in [0.1, 0.15) is 39.5 Å². The SMILES string of the molecule is CCC1CCNC(CN(C)C(CC)CSC)C1. The molecule has 1 aliphatic heterocycles. The molecule has 0 aromatic carbocycles. The molecule has 0 bridgehead atoms. The lowest BCUT2D eigenvalue weighted by Gasteiger charge is -2.35. The molecule has 1 aliphatic rings. The van der Waals surface area contributed by atoms with Crippen molar-refractivity contribution in [1.82, 2.24) is 10.2 Å². The fourth-order valence-corrected chi connectivity index (χ4v) is 3.73. The second-order valence-corrected chi connectivity index (χ2v) is 6.32. The number of hydrogen-bond donors (Lipinski definition) is 1. The third kappa shape index (κ3) is 5.19. The number of likely N-dealkylation sites (N-methyl/N-ethyl adjacent to an activating group) is 1. The molecule has 0 saturated carbocycles. The van der Waals surface area contributed by atoms with E-state index < -0.39 is 0 Å². The van der Waals surface area contributed by atoms with Crippen LogP contribution in [0.3, 0.4) is 0 Å². The molecular weight excluding hydrogens is 228 g/mol. The first-order valence-electron chi connectivity index (χ1n) is 7.13. The van der Waals surface area contributed by atoms with Gasteiger partial charge in [0, 0.05) is 24.4 Å². The van der Waals surface area contributed by atoms with E-state index in [2.05, 4.69) is 37.4 Å². The van der Waals surface area contributed by atoms with Crippen LogP contribution in [0.25, 0.3) is 0 Å². The summed E-state index contributed by atoms with van der Waals surface area (Å²) in [5.41, 5.74) is 0. The number of piperidine rings is 1. The van der Waals surface area contributed by atoms with Crippen LogP contribution in [-0.4, -0.2) is 49.1 Å². The van der Waals surface area contributed by atoms with Gasteiger partial charge >= 0.3 is 0 Å². The molecule has 17 heavy (non-hydrogen) atoms. The van der Waals surface area contributed by atoms with Crippen molar-refractivity contribution in [1.29, 1.82) is 0 Å². The molecule has 0 aliphatic carbocycles. The summed E-state index contributed by atoms with van der Waals surface area (Å²) in [6.07, 6.45) is 7.57.